The molecular formula is C20H18N4O. The molecule has 0 radical (unpaired) electrons. The van der Waals surface area contributed by atoms with Crippen LogP contribution in [0.3, 0.4) is 0 Å². The molecular weight excluding hydrogens is 312 g/mol. The number of aromatic nitrogens is 2. The molecule has 0 spiro atoms. The van der Waals surface area contributed by atoms with Gasteiger partial charge in [-0.1, -0.05) is 30.3 Å². The van der Waals surface area contributed by atoms with Crippen molar-refractivity contribution in [2.45, 2.75) is 31.6 Å². The lowest BCUT2D eigenvalue weighted by atomic mass is 9.84. The van der Waals surface area contributed by atoms with Gasteiger partial charge in [0, 0.05) is 5.56 Å². The van der Waals surface area contributed by atoms with E-state index in [0.717, 1.165) is 12.1 Å². The average molecular weight is 330 g/mol. The van der Waals surface area contributed by atoms with Gasteiger partial charge in [-0.3, -0.25) is 9.78 Å². The van der Waals surface area contributed by atoms with Crippen molar-refractivity contribution in [1.29, 1.82) is 0 Å². The minimum Gasteiger partial charge on any atom is -0.291 e. The van der Waals surface area contributed by atoms with E-state index in [-0.39, 0.29) is 5.56 Å². The second-order valence-electron chi connectivity index (χ2n) is 6.77. The van der Waals surface area contributed by atoms with Crippen molar-refractivity contribution in [2.24, 2.45) is 5.10 Å². The number of nitrogens with one attached hydrogen (secondary N) is 2. The highest BCUT2D eigenvalue weighted by Gasteiger charge is 2.32. The molecule has 0 aliphatic heterocycles. The highest BCUT2D eigenvalue weighted by molar-refractivity contribution is 6.06. The molecule has 2 aliphatic carbocycles. The van der Waals surface area contributed by atoms with Gasteiger partial charge >= 0.3 is 0 Å². The number of hydrazone groups is 1. The van der Waals surface area contributed by atoms with E-state index in [1.165, 1.54) is 36.0 Å². The summed E-state index contributed by atoms with van der Waals surface area (Å²) in [4.78, 5) is 19.4. The largest absolute Gasteiger partial charge is 0.291 e. The zero-order valence-electron chi connectivity index (χ0n) is 13.7. The lowest BCUT2D eigenvalue weighted by Crippen LogP contribution is -2.12. The van der Waals surface area contributed by atoms with Crippen molar-refractivity contribution >= 4 is 22.6 Å². The van der Waals surface area contributed by atoms with E-state index in [1.807, 2.05) is 18.2 Å². The zero-order valence-corrected chi connectivity index (χ0v) is 13.7. The van der Waals surface area contributed by atoms with Crippen LogP contribution in [0.15, 0.2) is 52.4 Å². The summed E-state index contributed by atoms with van der Waals surface area (Å²) in [7, 11) is 0. The minimum atomic E-state index is -0.154. The minimum absolute atomic E-state index is 0.154. The molecule has 2 N–H and O–H groups in total. The quantitative estimate of drug-likeness (QED) is 0.706. The highest BCUT2D eigenvalue weighted by Crippen LogP contribution is 2.42. The smallest absolute Gasteiger partial charge is 0.260 e. The molecule has 1 heterocycles. The maximum absolute atomic E-state index is 12.2. The molecule has 0 fully saturated rings. The number of benzene rings is 2. The van der Waals surface area contributed by atoms with E-state index < -0.39 is 0 Å². The molecule has 124 valence electrons. The Labute approximate surface area is 144 Å². The first kappa shape index (κ1) is 14.4. The lowest BCUT2D eigenvalue weighted by molar-refractivity contribution is 0.580. The molecule has 2 aromatic carbocycles. The summed E-state index contributed by atoms with van der Waals surface area (Å²) in [5.41, 5.74) is 8.73. The SMILES string of the molecule is O=c1[nH]c(N/N=C2/CC3CCCc4cccc2c43)nc2ccccc12. The fourth-order valence-corrected chi connectivity index (χ4v) is 4.16. The molecule has 0 saturated heterocycles. The van der Waals surface area contributed by atoms with Crippen LogP contribution < -0.4 is 11.0 Å². The second-order valence-corrected chi connectivity index (χ2v) is 6.77. The van der Waals surface area contributed by atoms with Crippen molar-refractivity contribution in [3.63, 3.8) is 0 Å². The van der Waals surface area contributed by atoms with E-state index >= 15 is 0 Å². The first-order valence-electron chi connectivity index (χ1n) is 8.73. The summed E-state index contributed by atoms with van der Waals surface area (Å²) in [6.45, 7) is 0. The van der Waals surface area contributed by atoms with Crippen molar-refractivity contribution < 1.29 is 0 Å². The number of hydrogen-bond acceptors (Lipinski definition) is 4. The van der Waals surface area contributed by atoms with Gasteiger partial charge in [0.1, 0.15) is 0 Å². The van der Waals surface area contributed by atoms with Crippen molar-refractivity contribution in [3.8, 4) is 0 Å². The summed E-state index contributed by atoms with van der Waals surface area (Å²) in [5.74, 6) is 0.969. The number of aromatic amines is 1. The van der Waals surface area contributed by atoms with E-state index in [0.29, 0.717) is 22.8 Å². The fourth-order valence-electron chi connectivity index (χ4n) is 4.16. The van der Waals surface area contributed by atoms with Gasteiger partial charge in [0.25, 0.3) is 5.56 Å². The molecule has 1 aromatic heterocycles. The number of nitrogens with zero attached hydrogens (tertiary/aromatic N) is 2. The lowest BCUT2D eigenvalue weighted by Gasteiger charge is -2.20. The number of aryl methyl sites for hydroxylation is 1. The summed E-state index contributed by atoms with van der Waals surface area (Å²) in [6.07, 6.45) is 4.60. The number of para-hydroxylation sites is 1. The molecule has 2 aliphatic rings. The Morgan fingerprint density at radius 1 is 1.16 bits per heavy atom. The zero-order chi connectivity index (χ0) is 16.8. The normalized spacial score (nSPS) is 20.0. The van der Waals surface area contributed by atoms with Gasteiger partial charge < -0.3 is 0 Å². The van der Waals surface area contributed by atoms with Crippen LogP contribution in [-0.2, 0) is 6.42 Å². The molecule has 0 bridgehead atoms. The standard InChI is InChI=1S/C20H18N4O/c25-19-15-8-1-2-10-16(15)21-20(22-19)24-23-17-11-13-7-3-5-12-6-4-9-14(17)18(12)13/h1-2,4,6,8-10,13H,3,5,7,11H2,(H2,21,22,24,25)/b23-17-. The number of H-pyrrole nitrogens is 1. The Hall–Kier alpha value is -2.95. The van der Waals surface area contributed by atoms with Crippen LogP contribution in [0.1, 0.15) is 41.9 Å². The molecule has 1 atom stereocenters. The fraction of sp³-hybridized carbons (Fsp3) is 0.250. The van der Waals surface area contributed by atoms with Gasteiger partial charge in [-0.05, 0) is 54.9 Å². The van der Waals surface area contributed by atoms with Gasteiger partial charge in [-0.2, -0.15) is 5.10 Å². The molecule has 1 unspecified atom stereocenters. The van der Waals surface area contributed by atoms with Crippen LogP contribution in [-0.4, -0.2) is 15.7 Å². The van der Waals surface area contributed by atoms with Crippen LogP contribution in [0, 0.1) is 0 Å². The van der Waals surface area contributed by atoms with Crippen LogP contribution in [0.25, 0.3) is 10.9 Å². The highest BCUT2D eigenvalue weighted by atomic mass is 16.1. The molecule has 5 heteroatoms. The van der Waals surface area contributed by atoms with Crippen molar-refractivity contribution in [1.82, 2.24) is 9.97 Å². The van der Waals surface area contributed by atoms with Crippen LogP contribution >= 0.6 is 0 Å². The number of fused-ring (bicyclic) bond motifs is 1. The van der Waals surface area contributed by atoms with Gasteiger partial charge in [0.05, 0.1) is 16.6 Å². The number of rotatable bonds is 2. The number of hydrogen-bond donors (Lipinski definition) is 2. The van der Waals surface area contributed by atoms with Gasteiger partial charge in [-0.15, -0.1) is 0 Å². The Bertz CT molecular complexity index is 1070. The van der Waals surface area contributed by atoms with Crippen LogP contribution in [0.5, 0.6) is 0 Å². The summed E-state index contributed by atoms with van der Waals surface area (Å²) >= 11 is 0. The van der Waals surface area contributed by atoms with Gasteiger partial charge in [-0.25, -0.2) is 10.4 Å². The third-order valence-corrected chi connectivity index (χ3v) is 5.26. The van der Waals surface area contributed by atoms with Crippen molar-refractivity contribution in [2.75, 3.05) is 5.43 Å². The predicted octanol–water partition coefficient (Wildman–Crippen LogP) is 3.56. The molecule has 5 nitrogen and oxygen atoms in total. The maximum atomic E-state index is 12.2. The van der Waals surface area contributed by atoms with E-state index in [9.17, 15) is 4.79 Å². The maximum Gasteiger partial charge on any atom is 0.260 e. The first-order chi connectivity index (χ1) is 12.3. The van der Waals surface area contributed by atoms with E-state index in [4.69, 9.17) is 0 Å². The Morgan fingerprint density at radius 3 is 3.04 bits per heavy atom. The molecule has 3 aromatic rings. The monoisotopic (exact) mass is 330 g/mol. The molecule has 0 saturated carbocycles. The van der Waals surface area contributed by atoms with Gasteiger partial charge in [0.15, 0.2) is 0 Å². The topological polar surface area (TPSA) is 70.1 Å². The second kappa shape index (κ2) is 5.55. The molecule has 5 rings (SSSR count). The van der Waals surface area contributed by atoms with E-state index in [1.54, 1.807) is 6.07 Å². The third kappa shape index (κ3) is 2.35. The Balaban J connectivity index is 1.51. The van der Waals surface area contributed by atoms with E-state index in [2.05, 4.69) is 38.7 Å². The Morgan fingerprint density at radius 2 is 2.08 bits per heavy atom. The summed E-state index contributed by atoms with van der Waals surface area (Å²) in [5, 5.41) is 5.17. The summed E-state index contributed by atoms with van der Waals surface area (Å²) < 4.78 is 0. The summed E-state index contributed by atoms with van der Waals surface area (Å²) in [6, 6.07) is 13.8. The van der Waals surface area contributed by atoms with Crippen LogP contribution in [0.2, 0.25) is 0 Å². The van der Waals surface area contributed by atoms with Crippen molar-refractivity contribution in [3.05, 3.63) is 69.5 Å². The molecule has 0 amide bonds. The number of anilines is 1. The van der Waals surface area contributed by atoms with Gasteiger partial charge in [0.2, 0.25) is 5.95 Å². The third-order valence-electron chi connectivity index (χ3n) is 5.26. The average Bonchev–Trinajstić information content (AvgIpc) is 3.00. The predicted molar refractivity (Wildman–Crippen MR) is 99.3 cm³/mol. The molecule has 25 heavy (non-hydrogen) atoms. The van der Waals surface area contributed by atoms with Crippen LogP contribution in [0.4, 0.5) is 5.95 Å². The Kier molecular flexibility index (Phi) is 3.20. The first-order valence-corrected chi connectivity index (χ1v) is 8.73.